The van der Waals surface area contributed by atoms with Crippen molar-refractivity contribution >= 4 is 23.5 Å². The number of likely N-dealkylation sites (tertiary alicyclic amines) is 1. The third-order valence-corrected chi connectivity index (χ3v) is 11.2. The van der Waals surface area contributed by atoms with Crippen LogP contribution in [0.5, 0.6) is 0 Å². The Kier molecular flexibility index (Phi) is 14.6. The van der Waals surface area contributed by atoms with Gasteiger partial charge < -0.3 is 25.6 Å². The Bertz CT molecular complexity index is 1240. The highest BCUT2D eigenvalue weighted by molar-refractivity contribution is 5.89. The predicted octanol–water partition coefficient (Wildman–Crippen LogP) is 7.34. The standard InChI is InChI=1S/C40H66N4O4/c1-14-17-19-23-40(13,16-3)35(43-37(48)42-32(38(8,9)10)22-21-27(6)45)36(47)44-25-29-33(39(29,11)12)34(44)28(7)41-30(20-18-15-2)31(46)24-26(4)5/h2,29-30,32-35,41H,4,7,14,16-25H2,1,3,5-6,8-13H3,(H2,42,43,48)/t29-,30?,32?,33-,34?,35?,40?/m0/s1. The number of amides is 3. The molecule has 0 aromatic heterocycles. The summed E-state index contributed by atoms with van der Waals surface area (Å²) in [6, 6.07) is -2.28. The summed E-state index contributed by atoms with van der Waals surface area (Å²) in [4.78, 5) is 55.7. The van der Waals surface area contributed by atoms with Gasteiger partial charge in [-0.2, -0.15) is 0 Å². The second kappa shape index (κ2) is 17.0. The summed E-state index contributed by atoms with van der Waals surface area (Å²) in [5.74, 6) is 3.09. The second-order valence-electron chi connectivity index (χ2n) is 16.6. The van der Waals surface area contributed by atoms with E-state index in [4.69, 9.17) is 6.42 Å². The average Bonchev–Trinajstić information content (AvgIpc) is 3.30. The molecule has 2 rings (SSSR count). The Morgan fingerprint density at radius 1 is 1.00 bits per heavy atom. The number of unbranched alkanes of at least 4 members (excludes halogenated alkanes) is 2. The van der Waals surface area contributed by atoms with Crippen molar-refractivity contribution in [2.45, 2.75) is 158 Å². The predicted molar refractivity (Wildman–Crippen MR) is 196 cm³/mol. The van der Waals surface area contributed by atoms with Gasteiger partial charge in [0.25, 0.3) is 0 Å². The second-order valence-corrected chi connectivity index (χ2v) is 16.6. The fraction of sp³-hybridized carbons (Fsp3) is 0.750. The molecule has 48 heavy (non-hydrogen) atoms. The topological polar surface area (TPSA) is 108 Å². The van der Waals surface area contributed by atoms with Crippen molar-refractivity contribution in [2.24, 2.45) is 28.1 Å². The lowest BCUT2D eigenvalue weighted by atomic mass is 9.74. The molecule has 2 aliphatic rings. The van der Waals surface area contributed by atoms with Gasteiger partial charge in [0.15, 0.2) is 5.78 Å². The van der Waals surface area contributed by atoms with Crippen LogP contribution in [0.4, 0.5) is 4.79 Å². The molecule has 270 valence electrons. The number of allylic oxidation sites excluding steroid dienone is 1. The van der Waals surface area contributed by atoms with Gasteiger partial charge in [0.1, 0.15) is 11.8 Å². The number of urea groups is 1. The molecular weight excluding hydrogens is 600 g/mol. The minimum Gasteiger partial charge on any atom is -0.377 e. The quantitative estimate of drug-likeness (QED) is 0.0716. The van der Waals surface area contributed by atoms with Crippen molar-refractivity contribution in [3.8, 4) is 12.3 Å². The largest absolute Gasteiger partial charge is 0.377 e. The van der Waals surface area contributed by atoms with Crippen molar-refractivity contribution in [3.05, 3.63) is 24.4 Å². The monoisotopic (exact) mass is 667 g/mol. The summed E-state index contributed by atoms with van der Waals surface area (Å²) in [6.07, 6.45) is 12.2. The maximum atomic E-state index is 14.9. The fourth-order valence-electron chi connectivity index (χ4n) is 7.59. The molecule has 1 aliphatic carbocycles. The normalized spacial score (nSPS) is 22.6. The molecule has 7 atom stereocenters. The summed E-state index contributed by atoms with van der Waals surface area (Å²) < 4.78 is 0. The van der Waals surface area contributed by atoms with E-state index < -0.39 is 23.5 Å². The fourth-order valence-corrected chi connectivity index (χ4v) is 7.59. The van der Waals surface area contributed by atoms with E-state index in [1.165, 1.54) is 0 Å². The molecule has 0 aromatic rings. The van der Waals surface area contributed by atoms with Crippen molar-refractivity contribution < 1.29 is 19.2 Å². The van der Waals surface area contributed by atoms with Crippen LogP contribution in [0.25, 0.3) is 0 Å². The van der Waals surface area contributed by atoms with E-state index in [0.717, 1.165) is 31.3 Å². The Labute approximate surface area is 292 Å². The lowest BCUT2D eigenvalue weighted by Crippen LogP contribution is -2.61. The van der Waals surface area contributed by atoms with Gasteiger partial charge >= 0.3 is 6.03 Å². The lowest BCUT2D eigenvalue weighted by molar-refractivity contribution is -0.138. The van der Waals surface area contributed by atoms with E-state index in [0.29, 0.717) is 50.3 Å². The molecule has 8 heteroatoms. The zero-order chi connectivity index (χ0) is 36.6. The summed E-state index contributed by atoms with van der Waals surface area (Å²) >= 11 is 0. The molecule has 3 amide bonds. The maximum absolute atomic E-state index is 14.9. The molecule has 0 radical (unpaired) electrons. The van der Waals surface area contributed by atoms with Gasteiger partial charge in [0, 0.05) is 37.5 Å². The molecule has 1 saturated heterocycles. The van der Waals surface area contributed by atoms with Crippen LogP contribution < -0.4 is 16.0 Å². The number of terminal acetylenes is 1. The Morgan fingerprint density at radius 3 is 2.17 bits per heavy atom. The van der Waals surface area contributed by atoms with Crippen LogP contribution in [0, 0.1) is 40.4 Å². The maximum Gasteiger partial charge on any atom is 0.315 e. The Balaban J connectivity index is 2.47. The number of carbonyl (C=O) groups is 4. The first-order valence-corrected chi connectivity index (χ1v) is 18.2. The Morgan fingerprint density at radius 2 is 1.65 bits per heavy atom. The molecule has 8 nitrogen and oxygen atoms in total. The van der Waals surface area contributed by atoms with E-state index in [2.05, 4.69) is 69.6 Å². The zero-order valence-corrected chi connectivity index (χ0v) is 31.8. The first-order chi connectivity index (χ1) is 22.2. The SMILES string of the molecule is C#CCCC(NC(=C)C1[C@@H]2[C@H](CN1C(=O)C(NC(=O)NC(CCC(C)=O)C(C)(C)C)C(C)(CC)CCCCC)C2(C)C)C(=O)CC(=C)C. The number of fused-ring (bicyclic) bond motifs is 1. The third-order valence-electron chi connectivity index (χ3n) is 11.2. The highest BCUT2D eigenvalue weighted by Gasteiger charge is 2.68. The zero-order valence-electron chi connectivity index (χ0n) is 31.8. The molecule has 2 fully saturated rings. The van der Waals surface area contributed by atoms with Crippen LogP contribution in [0.15, 0.2) is 24.4 Å². The number of ketones is 2. The molecule has 5 unspecified atom stereocenters. The lowest BCUT2D eigenvalue weighted by Gasteiger charge is -2.42. The minimum atomic E-state index is -0.772. The molecule has 0 bridgehead atoms. The number of piperidine rings is 1. The Hall–Kier alpha value is -3.08. The van der Waals surface area contributed by atoms with Gasteiger partial charge in [-0.3, -0.25) is 9.59 Å². The average molecular weight is 667 g/mol. The molecule has 1 saturated carbocycles. The van der Waals surface area contributed by atoms with Gasteiger partial charge in [-0.1, -0.05) is 93.4 Å². The van der Waals surface area contributed by atoms with E-state index >= 15 is 0 Å². The van der Waals surface area contributed by atoms with Crippen LogP contribution in [0.2, 0.25) is 0 Å². The van der Waals surface area contributed by atoms with Crippen molar-refractivity contribution in [2.75, 3.05) is 6.54 Å². The van der Waals surface area contributed by atoms with E-state index in [1.54, 1.807) is 6.92 Å². The van der Waals surface area contributed by atoms with Gasteiger partial charge in [-0.15, -0.1) is 12.3 Å². The van der Waals surface area contributed by atoms with Gasteiger partial charge in [0.2, 0.25) is 5.91 Å². The van der Waals surface area contributed by atoms with Crippen LogP contribution in [-0.2, 0) is 14.4 Å². The van der Waals surface area contributed by atoms with E-state index in [9.17, 15) is 19.2 Å². The summed E-state index contributed by atoms with van der Waals surface area (Å²) in [7, 11) is 0. The molecule has 1 heterocycles. The van der Waals surface area contributed by atoms with E-state index in [1.807, 2.05) is 32.6 Å². The molecule has 3 N–H and O–H groups in total. The number of hydrogen-bond donors (Lipinski definition) is 3. The molecule has 0 aromatic carbocycles. The van der Waals surface area contributed by atoms with Crippen molar-refractivity contribution in [3.63, 3.8) is 0 Å². The van der Waals surface area contributed by atoms with Crippen LogP contribution >= 0.6 is 0 Å². The first-order valence-electron chi connectivity index (χ1n) is 18.2. The van der Waals surface area contributed by atoms with Crippen LogP contribution in [-0.4, -0.2) is 59.1 Å². The summed E-state index contributed by atoms with van der Waals surface area (Å²) in [5, 5.41) is 9.70. The summed E-state index contributed by atoms with van der Waals surface area (Å²) in [6.45, 7) is 29.2. The van der Waals surface area contributed by atoms with Gasteiger partial charge in [-0.25, -0.2) is 4.79 Å². The van der Waals surface area contributed by atoms with Crippen LogP contribution in [0.3, 0.4) is 0 Å². The highest BCUT2D eigenvalue weighted by Crippen LogP contribution is 2.66. The van der Waals surface area contributed by atoms with Gasteiger partial charge in [-0.05, 0) is 67.6 Å². The molecule has 1 aliphatic heterocycles. The number of nitrogens with one attached hydrogen (secondary N) is 3. The highest BCUT2D eigenvalue weighted by atomic mass is 16.2. The number of carbonyl (C=O) groups excluding carboxylic acids is 4. The first kappa shape index (κ1) is 41.1. The molecule has 0 spiro atoms. The smallest absolute Gasteiger partial charge is 0.315 e. The van der Waals surface area contributed by atoms with Crippen molar-refractivity contribution in [1.82, 2.24) is 20.9 Å². The summed E-state index contributed by atoms with van der Waals surface area (Å²) in [5.41, 5.74) is 0.671. The van der Waals surface area contributed by atoms with Crippen molar-refractivity contribution in [1.29, 1.82) is 0 Å². The van der Waals surface area contributed by atoms with Crippen LogP contribution in [0.1, 0.15) is 133 Å². The van der Waals surface area contributed by atoms with E-state index in [-0.39, 0.29) is 52.7 Å². The minimum absolute atomic E-state index is 0.00486. The number of rotatable bonds is 20. The number of hydrogen-bond acceptors (Lipinski definition) is 5. The van der Waals surface area contributed by atoms with Gasteiger partial charge in [0.05, 0.1) is 12.1 Å². The number of Topliss-reactive ketones (excluding diaryl/α,β-unsaturated/α-hetero) is 2. The molecular formula is C40H66N4O4. The number of nitrogens with zero attached hydrogens (tertiary/aromatic N) is 1. The third kappa shape index (κ3) is 10.5.